The summed E-state index contributed by atoms with van der Waals surface area (Å²) in [6.45, 7) is 4.98. The van der Waals surface area contributed by atoms with Gasteiger partial charge < -0.3 is 14.0 Å². The molecule has 1 aliphatic heterocycles. The number of sulfonamides is 1. The number of hydrogen-bond acceptors (Lipinski definition) is 5. The van der Waals surface area contributed by atoms with Gasteiger partial charge in [-0.2, -0.15) is 0 Å². The van der Waals surface area contributed by atoms with Gasteiger partial charge in [-0.15, -0.1) is 0 Å². The quantitative estimate of drug-likeness (QED) is 0.775. The lowest BCUT2D eigenvalue weighted by molar-refractivity contribution is 0.0158. The molecule has 1 aliphatic rings. The number of nitrogens with zero attached hydrogens (tertiary/aromatic N) is 2. The van der Waals surface area contributed by atoms with Crippen LogP contribution in [0.5, 0.6) is 5.75 Å². The van der Waals surface area contributed by atoms with Gasteiger partial charge in [0, 0.05) is 38.6 Å². The van der Waals surface area contributed by atoms with E-state index < -0.39 is 10.0 Å². The highest BCUT2D eigenvalue weighted by Gasteiger charge is 2.27. The predicted molar refractivity (Wildman–Crippen MR) is 103 cm³/mol. The van der Waals surface area contributed by atoms with E-state index in [1.807, 2.05) is 42.9 Å². The number of methoxy groups -OCH3 is 1. The van der Waals surface area contributed by atoms with E-state index in [1.165, 1.54) is 7.11 Å². The molecule has 1 N–H and O–H groups in total. The molecule has 8 heteroatoms. The number of benzene rings is 1. The van der Waals surface area contributed by atoms with Crippen LogP contribution in [0.25, 0.3) is 0 Å². The summed E-state index contributed by atoms with van der Waals surface area (Å²) in [4.78, 5) is 2.42. The van der Waals surface area contributed by atoms with Gasteiger partial charge in [0.2, 0.25) is 10.0 Å². The maximum atomic E-state index is 13.0. The third-order valence-corrected chi connectivity index (χ3v) is 6.33. The minimum atomic E-state index is -3.71. The molecule has 1 aromatic heterocycles. The molecule has 0 amide bonds. The van der Waals surface area contributed by atoms with E-state index in [4.69, 9.17) is 9.47 Å². The van der Waals surface area contributed by atoms with Gasteiger partial charge in [-0.1, -0.05) is 6.07 Å². The van der Waals surface area contributed by atoms with Crippen molar-refractivity contribution in [3.63, 3.8) is 0 Å². The van der Waals surface area contributed by atoms with E-state index in [0.717, 1.165) is 24.3 Å². The molecule has 0 saturated carbocycles. The molecule has 3 rings (SSSR count). The minimum Gasteiger partial charge on any atom is -0.495 e. The first kappa shape index (κ1) is 19.9. The molecular weight excluding hydrogens is 366 g/mol. The monoisotopic (exact) mass is 393 g/mol. The number of ether oxygens (including phenoxy) is 2. The summed E-state index contributed by atoms with van der Waals surface area (Å²) < 4.78 is 41.4. The first-order valence-corrected chi connectivity index (χ1v) is 10.5. The summed E-state index contributed by atoms with van der Waals surface area (Å²) in [5.74, 6) is 0.342. The van der Waals surface area contributed by atoms with Crippen LogP contribution in [0.3, 0.4) is 0 Å². The molecule has 0 aliphatic carbocycles. The van der Waals surface area contributed by atoms with Gasteiger partial charge in [-0.25, -0.2) is 13.1 Å². The van der Waals surface area contributed by atoms with E-state index in [0.29, 0.717) is 19.0 Å². The minimum absolute atomic E-state index is 0.0699. The van der Waals surface area contributed by atoms with E-state index in [-0.39, 0.29) is 17.5 Å². The Hall–Kier alpha value is -1.87. The smallest absolute Gasteiger partial charge is 0.244 e. The summed E-state index contributed by atoms with van der Waals surface area (Å²) >= 11 is 0. The second-order valence-electron chi connectivity index (χ2n) is 6.71. The molecule has 0 spiro atoms. The van der Waals surface area contributed by atoms with Crippen LogP contribution in [0.1, 0.15) is 17.3 Å². The highest BCUT2D eigenvalue weighted by Crippen LogP contribution is 2.26. The van der Waals surface area contributed by atoms with Gasteiger partial charge in [0.25, 0.3) is 0 Å². The van der Waals surface area contributed by atoms with E-state index in [2.05, 4.69) is 9.62 Å². The molecule has 27 heavy (non-hydrogen) atoms. The second kappa shape index (κ2) is 8.43. The maximum Gasteiger partial charge on any atom is 0.244 e. The molecule has 0 bridgehead atoms. The standard InChI is InChI=1S/C19H27N3O4S/c1-15-6-7-18(25-3)19(13-15)27(23,24)20-14-17(16-5-4-8-21(16)2)22-9-11-26-12-10-22/h4-8,13,17,20H,9-12,14H2,1-3H3. The number of morpholine rings is 1. The first-order chi connectivity index (χ1) is 12.9. The van der Waals surface area contributed by atoms with Gasteiger partial charge in [0.05, 0.1) is 26.4 Å². The molecule has 2 aromatic rings. The van der Waals surface area contributed by atoms with Crippen molar-refractivity contribution in [2.75, 3.05) is 40.0 Å². The Bertz CT molecular complexity index is 873. The predicted octanol–water partition coefficient (Wildman–Crippen LogP) is 1.69. The molecule has 1 unspecified atom stereocenters. The Balaban J connectivity index is 1.84. The highest BCUT2D eigenvalue weighted by molar-refractivity contribution is 7.89. The lowest BCUT2D eigenvalue weighted by atomic mass is 10.1. The van der Waals surface area contributed by atoms with Crippen LogP contribution in [0.2, 0.25) is 0 Å². The Morgan fingerprint density at radius 1 is 1.26 bits per heavy atom. The van der Waals surface area contributed by atoms with E-state index in [1.54, 1.807) is 12.1 Å². The molecular formula is C19H27N3O4S. The van der Waals surface area contributed by atoms with Crippen molar-refractivity contribution in [2.24, 2.45) is 7.05 Å². The van der Waals surface area contributed by atoms with Crippen LogP contribution in [-0.2, 0) is 21.8 Å². The normalized spacial score (nSPS) is 17.0. The van der Waals surface area contributed by atoms with Crippen LogP contribution in [0.4, 0.5) is 0 Å². The fourth-order valence-corrected chi connectivity index (χ4v) is 4.68. The van der Waals surface area contributed by atoms with Crippen molar-refractivity contribution in [3.8, 4) is 5.75 Å². The fourth-order valence-electron chi connectivity index (χ4n) is 3.39. The number of aromatic nitrogens is 1. The van der Waals surface area contributed by atoms with Crippen molar-refractivity contribution in [1.82, 2.24) is 14.2 Å². The molecule has 148 valence electrons. The molecule has 1 saturated heterocycles. The molecule has 2 heterocycles. The average molecular weight is 394 g/mol. The van der Waals surface area contributed by atoms with Crippen molar-refractivity contribution in [1.29, 1.82) is 0 Å². The van der Waals surface area contributed by atoms with Crippen LogP contribution < -0.4 is 9.46 Å². The zero-order valence-electron chi connectivity index (χ0n) is 16.0. The van der Waals surface area contributed by atoms with Gasteiger partial charge >= 0.3 is 0 Å². The number of aryl methyl sites for hydroxylation is 2. The third kappa shape index (κ3) is 4.52. The third-order valence-electron chi connectivity index (χ3n) is 4.89. The second-order valence-corrected chi connectivity index (χ2v) is 8.45. The maximum absolute atomic E-state index is 13.0. The lowest BCUT2D eigenvalue weighted by Gasteiger charge is -2.35. The number of hydrogen-bond donors (Lipinski definition) is 1. The first-order valence-electron chi connectivity index (χ1n) is 8.99. The summed E-state index contributed by atoms with van der Waals surface area (Å²) in [7, 11) is -0.256. The zero-order chi connectivity index (χ0) is 19.4. The van der Waals surface area contributed by atoms with Gasteiger partial charge in [0.1, 0.15) is 10.6 Å². The van der Waals surface area contributed by atoms with Crippen LogP contribution >= 0.6 is 0 Å². The SMILES string of the molecule is COc1ccc(C)cc1S(=O)(=O)NCC(c1cccn1C)N1CCOCC1. The molecule has 1 atom stereocenters. The summed E-state index contributed by atoms with van der Waals surface area (Å²) in [5, 5.41) is 0. The van der Waals surface area contributed by atoms with E-state index >= 15 is 0 Å². The van der Waals surface area contributed by atoms with Crippen LogP contribution in [-0.4, -0.2) is 57.8 Å². The summed E-state index contributed by atoms with van der Waals surface area (Å²) in [5.41, 5.74) is 1.93. The zero-order valence-corrected chi connectivity index (χ0v) is 16.8. The van der Waals surface area contributed by atoms with Gasteiger partial charge in [-0.05, 0) is 36.8 Å². The Morgan fingerprint density at radius 2 is 2.00 bits per heavy atom. The van der Waals surface area contributed by atoms with Crippen molar-refractivity contribution in [3.05, 3.63) is 47.8 Å². The van der Waals surface area contributed by atoms with Crippen LogP contribution in [0.15, 0.2) is 41.4 Å². The van der Waals surface area contributed by atoms with Crippen molar-refractivity contribution < 1.29 is 17.9 Å². The summed E-state index contributed by atoms with van der Waals surface area (Å²) in [6.07, 6.45) is 1.97. The summed E-state index contributed by atoms with van der Waals surface area (Å²) in [6, 6.07) is 9.08. The lowest BCUT2D eigenvalue weighted by Crippen LogP contribution is -2.44. The van der Waals surface area contributed by atoms with E-state index in [9.17, 15) is 8.42 Å². The largest absolute Gasteiger partial charge is 0.495 e. The van der Waals surface area contributed by atoms with Crippen LogP contribution in [0, 0.1) is 6.92 Å². The van der Waals surface area contributed by atoms with Crippen molar-refractivity contribution in [2.45, 2.75) is 17.9 Å². The van der Waals surface area contributed by atoms with Crippen molar-refractivity contribution >= 4 is 10.0 Å². The molecule has 1 fully saturated rings. The fraction of sp³-hybridized carbons (Fsp3) is 0.474. The Kier molecular flexibility index (Phi) is 6.21. The Morgan fingerprint density at radius 3 is 2.63 bits per heavy atom. The number of nitrogens with one attached hydrogen (secondary N) is 1. The molecule has 1 aromatic carbocycles. The molecule has 0 radical (unpaired) electrons. The average Bonchev–Trinajstić information content (AvgIpc) is 3.08. The highest BCUT2D eigenvalue weighted by atomic mass is 32.2. The topological polar surface area (TPSA) is 72.8 Å². The number of rotatable bonds is 7. The van der Waals surface area contributed by atoms with Gasteiger partial charge in [0.15, 0.2) is 0 Å². The van der Waals surface area contributed by atoms with Gasteiger partial charge in [-0.3, -0.25) is 4.90 Å². The molecule has 7 nitrogen and oxygen atoms in total. The Labute approximate surface area is 160 Å².